The second-order valence-corrected chi connectivity index (χ2v) is 6.99. The summed E-state index contributed by atoms with van der Waals surface area (Å²) in [7, 11) is 0. The van der Waals surface area contributed by atoms with Crippen LogP contribution in [-0.2, 0) is 0 Å². The maximum Gasteiger partial charge on any atom is 0.0639 e. The number of hydrogen-bond donors (Lipinski definition) is 0. The van der Waals surface area contributed by atoms with Crippen molar-refractivity contribution in [2.24, 2.45) is 0 Å². The summed E-state index contributed by atoms with van der Waals surface area (Å²) >= 11 is 6.33. The van der Waals surface area contributed by atoms with Crippen LogP contribution in [0.15, 0.2) is 42.7 Å². The molecule has 1 aromatic carbocycles. The minimum absolute atomic E-state index is 0.580. The fourth-order valence-electron chi connectivity index (χ4n) is 4.04. The van der Waals surface area contributed by atoms with Gasteiger partial charge in [-0.1, -0.05) is 23.7 Å². The van der Waals surface area contributed by atoms with E-state index in [9.17, 15) is 0 Å². The number of halogens is 1. The second-order valence-electron chi connectivity index (χ2n) is 6.58. The topological polar surface area (TPSA) is 24.3 Å². The lowest BCUT2D eigenvalue weighted by atomic mass is 10.1. The predicted molar refractivity (Wildman–Crippen MR) is 94.1 cm³/mol. The monoisotopic (exact) mass is 330 g/mol. The van der Waals surface area contributed by atoms with E-state index < -0.39 is 0 Å². The van der Waals surface area contributed by atoms with Gasteiger partial charge in [-0.25, -0.2) is 0 Å². The Labute approximate surface area is 142 Å². The quantitative estimate of drug-likeness (QED) is 0.861. The smallest absolute Gasteiger partial charge is 0.0639 e. The van der Waals surface area contributed by atoms with Gasteiger partial charge in [-0.2, -0.15) is 5.10 Å². The van der Waals surface area contributed by atoms with Crippen LogP contribution in [0.1, 0.15) is 25.3 Å². The van der Waals surface area contributed by atoms with Gasteiger partial charge in [0.2, 0.25) is 0 Å². The number of rotatable bonds is 3. The molecular formula is C18H23ClN4. The molecule has 0 N–H and O–H groups in total. The summed E-state index contributed by atoms with van der Waals surface area (Å²) < 4.78 is 2.14. The Hall–Kier alpha value is -1.52. The highest BCUT2D eigenvalue weighted by Gasteiger charge is 2.32. The molecule has 1 saturated heterocycles. The van der Waals surface area contributed by atoms with Crippen LogP contribution >= 0.6 is 11.6 Å². The molecule has 1 aromatic heterocycles. The van der Waals surface area contributed by atoms with Crippen molar-refractivity contribution >= 4 is 17.3 Å². The average Bonchev–Trinajstić information content (AvgIpc) is 3.27. The Bertz CT molecular complexity index is 634. The van der Waals surface area contributed by atoms with E-state index in [0.29, 0.717) is 12.1 Å². The van der Waals surface area contributed by atoms with Gasteiger partial charge in [0, 0.05) is 44.6 Å². The van der Waals surface area contributed by atoms with Crippen molar-refractivity contribution in [2.45, 2.75) is 31.3 Å². The van der Waals surface area contributed by atoms with Gasteiger partial charge in [-0.15, -0.1) is 0 Å². The van der Waals surface area contributed by atoms with Crippen LogP contribution < -0.4 is 4.90 Å². The molecule has 4 rings (SSSR count). The maximum atomic E-state index is 6.33. The molecule has 0 bridgehead atoms. The number of benzene rings is 1. The summed E-state index contributed by atoms with van der Waals surface area (Å²) in [5, 5.41) is 5.28. The highest BCUT2D eigenvalue weighted by atomic mass is 35.5. The summed E-state index contributed by atoms with van der Waals surface area (Å²) in [6, 6.07) is 11.5. The highest BCUT2D eigenvalue weighted by molar-refractivity contribution is 6.33. The van der Waals surface area contributed by atoms with E-state index >= 15 is 0 Å². The number of para-hydroxylation sites is 1. The molecule has 1 saturated carbocycles. The minimum atomic E-state index is 0.580. The van der Waals surface area contributed by atoms with E-state index in [1.165, 1.54) is 24.9 Å². The van der Waals surface area contributed by atoms with Crippen LogP contribution in [-0.4, -0.2) is 46.9 Å². The summed E-state index contributed by atoms with van der Waals surface area (Å²) in [6.45, 7) is 4.38. The third-order valence-electron chi connectivity index (χ3n) is 5.30. The summed E-state index contributed by atoms with van der Waals surface area (Å²) in [5.41, 5.74) is 1.18. The lowest BCUT2D eigenvalue weighted by Crippen LogP contribution is -2.49. The summed E-state index contributed by atoms with van der Waals surface area (Å²) in [4.78, 5) is 5.08. The Morgan fingerprint density at radius 3 is 2.48 bits per heavy atom. The molecule has 1 aliphatic heterocycles. The molecule has 4 nitrogen and oxygen atoms in total. The van der Waals surface area contributed by atoms with Crippen LogP contribution in [0.5, 0.6) is 0 Å². The van der Waals surface area contributed by atoms with E-state index in [1.807, 2.05) is 24.4 Å². The van der Waals surface area contributed by atoms with Gasteiger partial charge in [0.05, 0.1) is 16.8 Å². The van der Waals surface area contributed by atoms with Gasteiger partial charge in [0.15, 0.2) is 0 Å². The average molecular weight is 331 g/mol. The van der Waals surface area contributed by atoms with Gasteiger partial charge in [0.1, 0.15) is 0 Å². The third kappa shape index (κ3) is 3.10. The number of anilines is 1. The molecule has 1 aliphatic carbocycles. The normalized spacial score (nSPS) is 25.9. The molecule has 2 heterocycles. The second kappa shape index (κ2) is 6.54. The lowest BCUT2D eigenvalue weighted by molar-refractivity contribution is 0.183. The van der Waals surface area contributed by atoms with Crippen LogP contribution in [0.4, 0.5) is 5.69 Å². The van der Waals surface area contributed by atoms with E-state index in [1.54, 1.807) is 0 Å². The molecular weight excluding hydrogens is 308 g/mol. The summed E-state index contributed by atoms with van der Waals surface area (Å²) in [6.07, 6.45) is 7.75. The standard InChI is InChI=1S/C18H23ClN4/c19-17-4-1-2-5-18(17)22-12-10-21(11-13-22)15-6-7-16(14-15)23-9-3-8-20-23/h1-5,8-9,15-16H,6-7,10-14H2. The number of nitrogens with zero attached hydrogens (tertiary/aromatic N) is 4. The van der Waals surface area contributed by atoms with Crippen molar-refractivity contribution in [3.63, 3.8) is 0 Å². The molecule has 0 radical (unpaired) electrons. The molecule has 2 unspecified atom stereocenters. The van der Waals surface area contributed by atoms with Crippen molar-refractivity contribution < 1.29 is 0 Å². The van der Waals surface area contributed by atoms with Crippen molar-refractivity contribution in [1.82, 2.24) is 14.7 Å². The zero-order valence-corrected chi connectivity index (χ0v) is 14.1. The van der Waals surface area contributed by atoms with Crippen molar-refractivity contribution in [1.29, 1.82) is 0 Å². The number of hydrogen-bond acceptors (Lipinski definition) is 3. The molecule has 2 atom stereocenters. The fourth-order valence-corrected chi connectivity index (χ4v) is 4.29. The first kappa shape index (κ1) is 15.0. The molecule has 0 spiro atoms. The molecule has 0 amide bonds. The van der Waals surface area contributed by atoms with Gasteiger partial charge in [0.25, 0.3) is 0 Å². The van der Waals surface area contributed by atoms with Crippen LogP contribution in [0.25, 0.3) is 0 Å². The Morgan fingerprint density at radius 2 is 1.74 bits per heavy atom. The Morgan fingerprint density at radius 1 is 0.957 bits per heavy atom. The predicted octanol–water partition coefficient (Wildman–Crippen LogP) is 3.45. The summed E-state index contributed by atoms with van der Waals surface area (Å²) in [5.74, 6) is 0. The largest absolute Gasteiger partial charge is 0.368 e. The molecule has 5 heteroatoms. The SMILES string of the molecule is Clc1ccccc1N1CCN(C2CCC(n3cccn3)C2)CC1. The van der Waals surface area contributed by atoms with Gasteiger partial charge < -0.3 is 4.90 Å². The van der Waals surface area contributed by atoms with E-state index in [4.69, 9.17) is 11.6 Å². The van der Waals surface area contributed by atoms with E-state index in [-0.39, 0.29) is 0 Å². The van der Waals surface area contributed by atoms with Crippen LogP contribution in [0.2, 0.25) is 5.02 Å². The minimum Gasteiger partial charge on any atom is -0.368 e. The van der Waals surface area contributed by atoms with E-state index in [0.717, 1.165) is 31.2 Å². The fraction of sp³-hybridized carbons (Fsp3) is 0.500. The van der Waals surface area contributed by atoms with Crippen LogP contribution in [0, 0.1) is 0 Å². The molecule has 23 heavy (non-hydrogen) atoms. The number of piperazine rings is 1. The van der Waals surface area contributed by atoms with Crippen molar-refractivity contribution in [3.8, 4) is 0 Å². The number of aromatic nitrogens is 2. The van der Waals surface area contributed by atoms with E-state index in [2.05, 4.69) is 37.9 Å². The van der Waals surface area contributed by atoms with Gasteiger partial charge in [-0.05, 0) is 37.5 Å². The third-order valence-corrected chi connectivity index (χ3v) is 5.62. The molecule has 2 aliphatic rings. The molecule has 2 fully saturated rings. The Balaban J connectivity index is 1.34. The van der Waals surface area contributed by atoms with Crippen molar-refractivity contribution in [2.75, 3.05) is 31.1 Å². The van der Waals surface area contributed by atoms with Crippen LogP contribution in [0.3, 0.4) is 0 Å². The first-order chi connectivity index (χ1) is 11.3. The van der Waals surface area contributed by atoms with Gasteiger partial charge in [-0.3, -0.25) is 9.58 Å². The maximum absolute atomic E-state index is 6.33. The first-order valence-corrected chi connectivity index (χ1v) is 8.92. The highest BCUT2D eigenvalue weighted by Crippen LogP contribution is 2.34. The molecule has 2 aromatic rings. The van der Waals surface area contributed by atoms with Crippen molar-refractivity contribution in [3.05, 3.63) is 47.7 Å². The zero-order chi connectivity index (χ0) is 15.6. The first-order valence-electron chi connectivity index (χ1n) is 8.54. The van der Waals surface area contributed by atoms with Gasteiger partial charge >= 0.3 is 0 Å². The molecule has 122 valence electrons. The lowest BCUT2D eigenvalue weighted by Gasteiger charge is -2.39. The zero-order valence-electron chi connectivity index (χ0n) is 13.3. The Kier molecular flexibility index (Phi) is 4.27.